The number of nitrogens with one attached hydrogen (secondary N) is 2. The van der Waals surface area contributed by atoms with Gasteiger partial charge in [-0.3, -0.25) is 9.59 Å². The molecule has 3 rings (SSSR count). The van der Waals surface area contributed by atoms with Gasteiger partial charge in [0.2, 0.25) is 5.91 Å². The molecule has 33 heavy (non-hydrogen) atoms. The van der Waals surface area contributed by atoms with Crippen molar-refractivity contribution in [1.82, 2.24) is 10.6 Å². The molecule has 2 aromatic carbocycles. The highest BCUT2D eigenvalue weighted by molar-refractivity contribution is 5.89. The number of benzene rings is 2. The minimum absolute atomic E-state index is 0.0450. The van der Waals surface area contributed by atoms with Crippen LogP contribution >= 0.6 is 0 Å². The Morgan fingerprint density at radius 2 is 1.58 bits per heavy atom. The highest BCUT2D eigenvalue weighted by Gasteiger charge is 2.31. The first kappa shape index (κ1) is 24.3. The Labute approximate surface area is 193 Å². The van der Waals surface area contributed by atoms with Gasteiger partial charge < -0.3 is 25.6 Å². The van der Waals surface area contributed by atoms with Gasteiger partial charge in [-0.25, -0.2) is 4.79 Å². The van der Waals surface area contributed by atoms with Crippen molar-refractivity contribution in [3.05, 3.63) is 59.7 Å². The molecule has 8 heteroatoms. The van der Waals surface area contributed by atoms with Crippen LogP contribution in [0.4, 0.5) is 4.79 Å². The summed E-state index contributed by atoms with van der Waals surface area (Å²) in [5, 5.41) is 24.3. The third-order valence-electron chi connectivity index (χ3n) is 6.20. The van der Waals surface area contributed by atoms with E-state index < -0.39 is 36.0 Å². The van der Waals surface area contributed by atoms with Crippen molar-refractivity contribution < 1.29 is 29.3 Å². The van der Waals surface area contributed by atoms with Gasteiger partial charge in [-0.05, 0) is 35.1 Å². The van der Waals surface area contributed by atoms with E-state index in [0.29, 0.717) is 0 Å². The minimum Gasteiger partial charge on any atom is -0.481 e. The Balaban J connectivity index is 1.64. The lowest BCUT2D eigenvalue weighted by molar-refractivity contribution is -0.140. The third-order valence-corrected chi connectivity index (χ3v) is 6.20. The van der Waals surface area contributed by atoms with Crippen molar-refractivity contribution in [1.29, 1.82) is 0 Å². The van der Waals surface area contributed by atoms with Crippen LogP contribution in [0, 0.1) is 5.92 Å². The summed E-state index contributed by atoms with van der Waals surface area (Å²) in [6.07, 6.45) is -1.49. The van der Waals surface area contributed by atoms with Crippen molar-refractivity contribution >= 4 is 18.0 Å². The maximum Gasteiger partial charge on any atom is 0.407 e. The summed E-state index contributed by atoms with van der Waals surface area (Å²) in [6, 6.07) is 14.5. The smallest absolute Gasteiger partial charge is 0.407 e. The second kappa shape index (κ2) is 10.0. The summed E-state index contributed by atoms with van der Waals surface area (Å²) in [5.41, 5.74) is 3.09. The number of carbonyl (C=O) groups is 3. The van der Waals surface area contributed by atoms with E-state index in [-0.39, 0.29) is 25.0 Å². The predicted molar refractivity (Wildman–Crippen MR) is 123 cm³/mol. The van der Waals surface area contributed by atoms with E-state index in [1.165, 1.54) is 0 Å². The van der Waals surface area contributed by atoms with Crippen LogP contribution in [-0.2, 0) is 14.3 Å². The lowest BCUT2D eigenvalue weighted by Gasteiger charge is -2.28. The molecule has 0 heterocycles. The molecule has 176 valence electrons. The highest BCUT2D eigenvalue weighted by atomic mass is 16.5. The van der Waals surface area contributed by atoms with E-state index in [1.54, 1.807) is 20.8 Å². The number of ether oxygens (including phenoxy) is 1. The monoisotopic (exact) mass is 454 g/mol. The van der Waals surface area contributed by atoms with Gasteiger partial charge in [0.05, 0.1) is 12.0 Å². The summed E-state index contributed by atoms with van der Waals surface area (Å²) in [7, 11) is 0. The molecule has 2 amide bonds. The topological polar surface area (TPSA) is 125 Å². The van der Waals surface area contributed by atoms with Crippen LogP contribution in [0.3, 0.4) is 0 Å². The summed E-state index contributed by atoms with van der Waals surface area (Å²) < 4.78 is 5.41. The van der Waals surface area contributed by atoms with Crippen LogP contribution in [0.15, 0.2) is 48.5 Å². The quantitative estimate of drug-likeness (QED) is 0.462. The molecule has 0 saturated carbocycles. The molecule has 1 aliphatic rings. The van der Waals surface area contributed by atoms with Crippen LogP contribution in [0.25, 0.3) is 11.1 Å². The van der Waals surface area contributed by atoms with Gasteiger partial charge in [-0.15, -0.1) is 0 Å². The van der Waals surface area contributed by atoms with E-state index in [9.17, 15) is 19.5 Å². The predicted octanol–water partition coefficient (Wildman–Crippen LogP) is 2.89. The second-order valence-electron chi connectivity index (χ2n) is 8.85. The molecule has 8 nitrogen and oxygen atoms in total. The van der Waals surface area contributed by atoms with Crippen molar-refractivity contribution in [2.45, 2.75) is 44.8 Å². The fourth-order valence-corrected chi connectivity index (χ4v) is 3.76. The lowest BCUT2D eigenvalue weighted by Crippen LogP contribution is -2.52. The van der Waals surface area contributed by atoms with Crippen LogP contribution in [-0.4, -0.2) is 53.0 Å². The molecule has 1 aliphatic carbocycles. The van der Waals surface area contributed by atoms with Crippen molar-refractivity contribution in [3.8, 4) is 11.1 Å². The number of amides is 2. The fourth-order valence-electron chi connectivity index (χ4n) is 3.76. The molecule has 0 aliphatic heterocycles. The molecule has 4 N–H and O–H groups in total. The van der Waals surface area contributed by atoms with Crippen molar-refractivity contribution in [2.75, 3.05) is 13.2 Å². The number of carbonyl (C=O) groups excluding carboxylic acids is 2. The Morgan fingerprint density at radius 3 is 2.09 bits per heavy atom. The summed E-state index contributed by atoms with van der Waals surface area (Å²) in [5.74, 6) is -2.24. The van der Waals surface area contributed by atoms with E-state index in [1.807, 2.05) is 48.5 Å². The normalized spacial score (nSPS) is 15.2. The first-order chi connectivity index (χ1) is 15.6. The van der Waals surface area contributed by atoms with Crippen LogP contribution in [0.2, 0.25) is 0 Å². The zero-order valence-electron chi connectivity index (χ0n) is 19.0. The SMILES string of the molecule is CC(C)C(C)(O)CNC(=O)C(CC(=O)O)NC(=O)OCC1c2ccccc2-c2ccccc21. The summed E-state index contributed by atoms with van der Waals surface area (Å²) in [4.78, 5) is 36.2. The number of rotatable bonds is 9. The van der Waals surface area contributed by atoms with E-state index >= 15 is 0 Å². The van der Waals surface area contributed by atoms with Gasteiger partial charge in [0.25, 0.3) is 0 Å². The number of hydrogen-bond acceptors (Lipinski definition) is 5. The summed E-state index contributed by atoms with van der Waals surface area (Å²) >= 11 is 0. The zero-order chi connectivity index (χ0) is 24.2. The average molecular weight is 455 g/mol. The largest absolute Gasteiger partial charge is 0.481 e. The molecule has 0 aromatic heterocycles. The standard InChI is InChI=1S/C25H30N2O6/c1-15(2)25(3,32)14-26-23(30)21(12-22(28)29)27-24(31)33-13-20-18-10-6-4-8-16(18)17-9-5-7-11-19(17)20/h4-11,15,20-21,32H,12-14H2,1-3H3,(H,26,30)(H,27,31)(H,28,29). The number of alkyl carbamates (subject to hydrolysis) is 1. The minimum atomic E-state index is -1.33. The van der Waals surface area contributed by atoms with Gasteiger partial charge in [-0.1, -0.05) is 62.4 Å². The van der Waals surface area contributed by atoms with Gasteiger partial charge in [0.15, 0.2) is 0 Å². The lowest BCUT2D eigenvalue weighted by atomic mass is 9.92. The first-order valence-electron chi connectivity index (χ1n) is 10.9. The van der Waals surface area contributed by atoms with Crippen molar-refractivity contribution in [2.24, 2.45) is 5.92 Å². The third kappa shape index (κ3) is 5.70. The van der Waals surface area contributed by atoms with Crippen molar-refractivity contribution in [3.63, 3.8) is 0 Å². The highest BCUT2D eigenvalue weighted by Crippen LogP contribution is 2.44. The van der Waals surface area contributed by atoms with E-state index in [0.717, 1.165) is 22.3 Å². The average Bonchev–Trinajstić information content (AvgIpc) is 3.09. The van der Waals surface area contributed by atoms with Gasteiger partial charge in [0, 0.05) is 12.5 Å². The molecular formula is C25H30N2O6. The molecule has 2 atom stereocenters. The maximum absolute atomic E-state index is 12.5. The zero-order valence-corrected chi connectivity index (χ0v) is 19.0. The molecule has 0 spiro atoms. The van der Waals surface area contributed by atoms with Crippen LogP contribution in [0.1, 0.15) is 44.2 Å². The van der Waals surface area contributed by atoms with Gasteiger partial charge in [0.1, 0.15) is 12.6 Å². The molecule has 0 fully saturated rings. The van der Waals surface area contributed by atoms with E-state index in [4.69, 9.17) is 9.84 Å². The molecule has 0 bridgehead atoms. The number of hydrogen-bond donors (Lipinski definition) is 4. The first-order valence-corrected chi connectivity index (χ1v) is 10.9. The Hall–Kier alpha value is -3.39. The number of carboxylic acid groups (broad SMARTS) is 1. The van der Waals surface area contributed by atoms with Crippen LogP contribution < -0.4 is 10.6 Å². The van der Waals surface area contributed by atoms with Crippen LogP contribution in [0.5, 0.6) is 0 Å². The fraction of sp³-hybridized carbons (Fsp3) is 0.400. The molecule has 0 radical (unpaired) electrons. The Bertz CT molecular complexity index is 988. The number of aliphatic hydroxyl groups is 1. The number of aliphatic carboxylic acids is 1. The van der Waals surface area contributed by atoms with Gasteiger partial charge in [-0.2, -0.15) is 0 Å². The van der Waals surface area contributed by atoms with Gasteiger partial charge >= 0.3 is 12.1 Å². The number of fused-ring (bicyclic) bond motifs is 3. The Kier molecular flexibility index (Phi) is 7.38. The molecule has 2 aromatic rings. The molecule has 2 unspecified atom stereocenters. The number of carboxylic acids is 1. The maximum atomic E-state index is 12.5. The molecule has 0 saturated heterocycles. The molecular weight excluding hydrogens is 424 g/mol. The second-order valence-corrected chi connectivity index (χ2v) is 8.85. The summed E-state index contributed by atoms with van der Waals surface area (Å²) in [6.45, 7) is 5.14. The van der Waals surface area contributed by atoms with E-state index in [2.05, 4.69) is 10.6 Å². The Morgan fingerprint density at radius 1 is 1.03 bits per heavy atom.